The summed E-state index contributed by atoms with van der Waals surface area (Å²) in [5.74, 6) is -0.107. The van der Waals surface area contributed by atoms with Crippen molar-refractivity contribution in [1.29, 1.82) is 0 Å². The van der Waals surface area contributed by atoms with Gasteiger partial charge in [-0.25, -0.2) is 26.4 Å². The Morgan fingerprint density at radius 3 is 2.06 bits per heavy atom. The van der Waals surface area contributed by atoms with Crippen molar-refractivity contribution >= 4 is 37.4 Å². The average Bonchev–Trinajstić information content (AvgIpc) is 3.22. The fourth-order valence-electron chi connectivity index (χ4n) is 2.74. The van der Waals surface area contributed by atoms with Crippen LogP contribution in [0.4, 0.5) is 4.79 Å². The maximum Gasteiger partial charge on any atom is 0.315 e. The molecule has 3 N–H and O–H groups in total. The number of thiophene rings is 1. The van der Waals surface area contributed by atoms with E-state index in [9.17, 15) is 21.6 Å². The molecule has 2 aromatic rings. The predicted octanol–water partition coefficient (Wildman–Crippen LogP) is 1.83. The van der Waals surface area contributed by atoms with Gasteiger partial charge in [-0.1, -0.05) is 38.1 Å². The quantitative estimate of drug-likeness (QED) is 0.445. The Bertz CT molecular complexity index is 1080. The normalized spacial score (nSPS) is 12.1. The van der Waals surface area contributed by atoms with Crippen molar-refractivity contribution in [3.63, 3.8) is 0 Å². The molecule has 9 nitrogen and oxygen atoms in total. The van der Waals surface area contributed by atoms with Crippen LogP contribution in [0.15, 0.2) is 40.6 Å². The first-order valence-electron chi connectivity index (χ1n) is 9.71. The molecule has 172 valence electrons. The first-order valence-corrected chi connectivity index (χ1v) is 13.6. The molecule has 0 unspecified atom stereocenters. The summed E-state index contributed by atoms with van der Waals surface area (Å²) >= 11 is 1.14. The lowest BCUT2D eigenvalue weighted by atomic mass is 10.1. The Balaban J connectivity index is 1.85. The molecule has 2 rings (SSSR count). The van der Waals surface area contributed by atoms with Crippen LogP contribution < -0.4 is 15.4 Å². The Morgan fingerprint density at radius 1 is 0.903 bits per heavy atom. The summed E-state index contributed by atoms with van der Waals surface area (Å²) in [6, 6.07) is 9.78. The summed E-state index contributed by atoms with van der Waals surface area (Å²) in [5, 5.41) is 5.42. The summed E-state index contributed by atoms with van der Waals surface area (Å²) in [5.41, 5.74) is 1.47. The highest BCUT2D eigenvalue weighted by molar-refractivity contribution is 7.91. The number of benzene rings is 1. The number of urea groups is 1. The van der Waals surface area contributed by atoms with Gasteiger partial charge in [-0.15, -0.1) is 11.3 Å². The maximum atomic E-state index is 12.5. The number of rotatable bonds is 11. The molecular weight excluding hydrogens is 460 g/mol. The number of hydrogen-bond donors (Lipinski definition) is 3. The smallest absolute Gasteiger partial charge is 0.315 e. The van der Waals surface area contributed by atoms with Crippen molar-refractivity contribution in [2.24, 2.45) is 0 Å². The van der Waals surface area contributed by atoms with Crippen LogP contribution >= 0.6 is 11.3 Å². The van der Waals surface area contributed by atoms with Gasteiger partial charge in [0.2, 0.25) is 10.0 Å². The summed E-state index contributed by atoms with van der Waals surface area (Å²) in [4.78, 5) is 12.8. The number of nitrogens with one attached hydrogen (secondary N) is 3. The molecule has 1 aromatic carbocycles. The van der Waals surface area contributed by atoms with Gasteiger partial charge in [-0.2, -0.15) is 4.31 Å². The zero-order valence-electron chi connectivity index (χ0n) is 17.7. The third-order valence-corrected chi connectivity index (χ3v) is 9.44. The predicted molar refractivity (Wildman–Crippen MR) is 122 cm³/mol. The van der Waals surface area contributed by atoms with Crippen LogP contribution in [0.25, 0.3) is 0 Å². The molecule has 1 aromatic heterocycles. The van der Waals surface area contributed by atoms with Gasteiger partial charge in [0.25, 0.3) is 10.0 Å². The summed E-state index contributed by atoms with van der Waals surface area (Å²) in [7, 11) is -5.46. The van der Waals surface area contributed by atoms with E-state index in [0.717, 1.165) is 21.8 Å². The molecule has 0 saturated heterocycles. The van der Waals surface area contributed by atoms with Crippen LogP contribution in [-0.2, 0) is 38.9 Å². The highest BCUT2D eigenvalue weighted by Crippen LogP contribution is 2.24. The van der Waals surface area contributed by atoms with E-state index in [2.05, 4.69) is 15.4 Å². The first kappa shape index (κ1) is 25.3. The molecule has 0 atom stereocenters. The van der Waals surface area contributed by atoms with Crippen molar-refractivity contribution in [2.45, 2.75) is 36.9 Å². The number of hydrogen-bond acceptors (Lipinski definition) is 6. The molecule has 1 heterocycles. The standard InChI is InChI=1S/C19H28N4O5S3/c1-4-23(5-2)31(27,28)18-11-10-17(29-18)13-22-19(24)21-12-15-6-8-16(9-7-15)14-30(25,26)20-3/h6-11,20H,4-5,12-14H2,1-3H3,(H2,21,22,24). The molecule has 0 aliphatic carbocycles. The monoisotopic (exact) mass is 488 g/mol. The molecule has 0 aliphatic rings. The molecular formula is C19H28N4O5S3. The number of carbonyl (C=O) groups is 1. The van der Waals surface area contributed by atoms with Gasteiger partial charge in [0.05, 0.1) is 12.3 Å². The molecule has 0 spiro atoms. The van der Waals surface area contributed by atoms with Crippen molar-refractivity contribution in [1.82, 2.24) is 19.7 Å². The van der Waals surface area contributed by atoms with Gasteiger partial charge in [0, 0.05) is 24.5 Å². The molecule has 0 aliphatic heterocycles. The molecule has 0 fully saturated rings. The molecule has 0 saturated carbocycles. The van der Waals surface area contributed by atoms with E-state index < -0.39 is 20.0 Å². The third kappa shape index (κ3) is 7.28. The summed E-state index contributed by atoms with van der Waals surface area (Å²) < 4.78 is 52.1. The van der Waals surface area contributed by atoms with Crippen LogP contribution in [0.2, 0.25) is 0 Å². The second kappa shape index (κ2) is 11.0. The Hall–Kier alpha value is -1.99. The Kier molecular flexibility index (Phi) is 9.01. The number of amides is 2. The molecule has 31 heavy (non-hydrogen) atoms. The minimum absolute atomic E-state index is 0.107. The maximum absolute atomic E-state index is 12.5. The van der Waals surface area contributed by atoms with Gasteiger partial charge in [0.15, 0.2) is 0 Å². The molecule has 0 radical (unpaired) electrons. The highest BCUT2D eigenvalue weighted by Gasteiger charge is 2.23. The first-order chi connectivity index (χ1) is 14.6. The third-order valence-electron chi connectivity index (χ3n) is 4.50. The van der Waals surface area contributed by atoms with Crippen LogP contribution in [0.5, 0.6) is 0 Å². The zero-order valence-corrected chi connectivity index (χ0v) is 20.2. The van der Waals surface area contributed by atoms with E-state index in [4.69, 9.17) is 0 Å². The molecule has 12 heteroatoms. The van der Waals surface area contributed by atoms with E-state index in [1.54, 1.807) is 50.2 Å². The number of sulfonamides is 2. The van der Waals surface area contributed by atoms with Crippen molar-refractivity contribution < 1.29 is 21.6 Å². The van der Waals surface area contributed by atoms with Crippen LogP contribution in [0, 0.1) is 0 Å². The minimum Gasteiger partial charge on any atom is -0.334 e. The van der Waals surface area contributed by atoms with Crippen LogP contribution in [0.3, 0.4) is 0 Å². The van der Waals surface area contributed by atoms with Crippen LogP contribution in [0.1, 0.15) is 29.9 Å². The fourth-order valence-corrected chi connectivity index (χ4v) is 6.42. The van der Waals surface area contributed by atoms with Gasteiger partial charge in [-0.05, 0) is 30.3 Å². The fraction of sp³-hybridized carbons (Fsp3) is 0.421. The number of nitrogens with zero attached hydrogens (tertiary/aromatic N) is 1. The van der Waals surface area contributed by atoms with Crippen molar-refractivity contribution in [2.75, 3.05) is 20.1 Å². The van der Waals surface area contributed by atoms with Gasteiger partial charge >= 0.3 is 6.03 Å². The molecule has 0 bridgehead atoms. The Labute approximate surface area is 188 Å². The lowest BCUT2D eigenvalue weighted by Crippen LogP contribution is -2.34. The van der Waals surface area contributed by atoms with Crippen molar-refractivity contribution in [3.8, 4) is 0 Å². The van der Waals surface area contributed by atoms with E-state index in [0.29, 0.717) is 18.7 Å². The summed E-state index contributed by atoms with van der Waals surface area (Å²) in [6.07, 6.45) is 0. The van der Waals surface area contributed by atoms with Gasteiger partial charge < -0.3 is 10.6 Å². The Morgan fingerprint density at radius 2 is 1.48 bits per heavy atom. The van der Waals surface area contributed by atoms with E-state index in [-0.39, 0.29) is 29.1 Å². The second-order valence-corrected chi connectivity index (χ2v) is 11.9. The van der Waals surface area contributed by atoms with E-state index in [1.165, 1.54) is 11.4 Å². The van der Waals surface area contributed by atoms with E-state index >= 15 is 0 Å². The topological polar surface area (TPSA) is 125 Å². The second-order valence-electron chi connectivity index (χ2n) is 6.63. The number of carbonyl (C=O) groups excluding carboxylic acids is 1. The minimum atomic E-state index is -3.50. The van der Waals surface area contributed by atoms with E-state index in [1.807, 2.05) is 0 Å². The zero-order chi connectivity index (χ0) is 23.1. The van der Waals surface area contributed by atoms with Gasteiger partial charge in [0.1, 0.15) is 4.21 Å². The highest BCUT2D eigenvalue weighted by atomic mass is 32.2. The van der Waals surface area contributed by atoms with Crippen LogP contribution in [-0.4, -0.2) is 47.3 Å². The lowest BCUT2D eigenvalue weighted by molar-refractivity contribution is 0.240. The van der Waals surface area contributed by atoms with Gasteiger partial charge in [-0.3, -0.25) is 0 Å². The summed E-state index contributed by atoms with van der Waals surface area (Å²) in [6.45, 7) is 4.87. The lowest BCUT2D eigenvalue weighted by Gasteiger charge is -2.16. The average molecular weight is 489 g/mol. The molecule has 2 amide bonds. The van der Waals surface area contributed by atoms with Crippen molar-refractivity contribution in [3.05, 3.63) is 52.4 Å². The largest absolute Gasteiger partial charge is 0.334 e. The SMILES string of the molecule is CCN(CC)S(=O)(=O)c1ccc(CNC(=O)NCc2ccc(CS(=O)(=O)NC)cc2)s1.